The normalized spacial score (nSPS) is 26.1. The molecule has 7 heteroatoms. The lowest BCUT2D eigenvalue weighted by Crippen LogP contribution is -2.59. The Morgan fingerprint density at radius 3 is 2.73 bits per heavy atom. The number of nitrogens with one attached hydrogen (secondary N) is 1. The van der Waals surface area contributed by atoms with Gasteiger partial charge in [-0.15, -0.1) is 11.6 Å². The lowest BCUT2D eigenvalue weighted by Gasteiger charge is -2.37. The Hall–Kier alpha value is -1.01. The van der Waals surface area contributed by atoms with Crippen LogP contribution in [0.5, 0.6) is 0 Å². The minimum atomic E-state index is -1.16. The Kier molecular flexibility index (Phi) is 4.16. The number of nitrogens with zero attached hydrogens (tertiary/aromatic N) is 1. The number of aliphatic hydroxyl groups excluding tert-OH is 1. The van der Waals surface area contributed by atoms with Crippen molar-refractivity contribution < 1.29 is 19.8 Å². The smallest absolute Gasteiger partial charge is 0.409 e. The SMILES string of the molecule is O=C(CCl)NC1C(O)CCCN1C(=O)O. The summed E-state index contributed by atoms with van der Waals surface area (Å²) in [5.41, 5.74) is 0. The summed E-state index contributed by atoms with van der Waals surface area (Å²) >= 11 is 5.29. The molecule has 1 heterocycles. The topological polar surface area (TPSA) is 89.9 Å². The Morgan fingerprint density at radius 1 is 1.53 bits per heavy atom. The van der Waals surface area contributed by atoms with Gasteiger partial charge in [0, 0.05) is 6.54 Å². The number of alkyl halides is 1. The van der Waals surface area contributed by atoms with E-state index < -0.39 is 24.3 Å². The van der Waals surface area contributed by atoms with E-state index in [1.165, 1.54) is 0 Å². The van der Waals surface area contributed by atoms with Crippen LogP contribution >= 0.6 is 11.6 Å². The van der Waals surface area contributed by atoms with Gasteiger partial charge in [-0.05, 0) is 12.8 Å². The fraction of sp³-hybridized carbons (Fsp3) is 0.750. The van der Waals surface area contributed by atoms with E-state index in [-0.39, 0.29) is 5.88 Å². The number of carbonyl (C=O) groups is 2. The predicted molar refractivity (Wildman–Crippen MR) is 52.6 cm³/mol. The van der Waals surface area contributed by atoms with Crippen molar-refractivity contribution in [3.05, 3.63) is 0 Å². The van der Waals surface area contributed by atoms with Crippen LogP contribution in [0, 0.1) is 0 Å². The Morgan fingerprint density at radius 2 is 2.20 bits per heavy atom. The Bertz CT molecular complexity index is 261. The van der Waals surface area contributed by atoms with Crippen molar-refractivity contribution >= 4 is 23.6 Å². The van der Waals surface area contributed by atoms with Crippen molar-refractivity contribution in [1.29, 1.82) is 0 Å². The van der Waals surface area contributed by atoms with Gasteiger partial charge in [0.15, 0.2) is 0 Å². The molecule has 2 amide bonds. The second-order valence-corrected chi connectivity index (χ2v) is 3.60. The first-order valence-corrected chi connectivity index (χ1v) is 5.12. The zero-order valence-electron chi connectivity index (χ0n) is 8.02. The van der Waals surface area contributed by atoms with Crippen molar-refractivity contribution in [2.45, 2.75) is 25.1 Å². The van der Waals surface area contributed by atoms with E-state index in [0.717, 1.165) is 4.90 Å². The molecule has 2 atom stereocenters. The van der Waals surface area contributed by atoms with Gasteiger partial charge >= 0.3 is 6.09 Å². The third kappa shape index (κ3) is 2.97. The summed E-state index contributed by atoms with van der Waals surface area (Å²) in [6.45, 7) is 0.305. The lowest BCUT2D eigenvalue weighted by molar-refractivity contribution is -0.122. The van der Waals surface area contributed by atoms with E-state index in [1.54, 1.807) is 0 Å². The maximum absolute atomic E-state index is 11.0. The highest BCUT2D eigenvalue weighted by atomic mass is 35.5. The molecule has 1 fully saturated rings. The van der Waals surface area contributed by atoms with Crippen molar-refractivity contribution in [3.8, 4) is 0 Å². The Balaban J connectivity index is 2.68. The number of halogens is 1. The van der Waals surface area contributed by atoms with Gasteiger partial charge in [0.05, 0.1) is 6.10 Å². The number of hydrogen-bond acceptors (Lipinski definition) is 3. The molecule has 0 aliphatic carbocycles. The fourth-order valence-electron chi connectivity index (χ4n) is 1.57. The largest absolute Gasteiger partial charge is 0.465 e. The van der Waals surface area contributed by atoms with E-state index in [2.05, 4.69) is 5.32 Å². The number of likely N-dealkylation sites (tertiary alicyclic amines) is 1. The third-order valence-corrected chi connectivity index (χ3v) is 2.52. The second kappa shape index (κ2) is 5.18. The number of aliphatic hydroxyl groups is 1. The van der Waals surface area contributed by atoms with Crippen LogP contribution < -0.4 is 5.32 Å². The molecule has 3 N–H and O–H groups in total. The van der Waals surface area contributed by atoms with Gasteiger partial charge in [-0.3, -0.25) is 9.69 Å². The zero-order valence-corrected chi connectivity index (χ0v) is 8.78. The first-order chi connectivity index (χ1) is 7.06. The van der Waals surface area contributed by atoms with Crippen LogP contribution in [0.3, 0.4) is 0 Å². The van der Waals surface area contributed by atoms with Crippen LogP contribution in [0.2, 0.25) is 0 Å². The molecule has 0 bridgehead atoms. The summed E-state index contributed by atoms with van der Waals surface area (Å²) in [5.74, 6) is -0.745. The van der Waals surface area contributed by atoms with E-state index in [1.807, 2.05) is 0 Å². The summed E-state index contributed by atoms with van der Waals surface area (Å²) in [5, 5.41) is 20.8. The number of piperidine rings is 1. The highest BCUT2D eigenvalue weighted by molar-refractivity contribution is 6.27. The number of amides is 2. The van der Waals surface area contributed by atoms with Gasteiger partial charge in [0.25, 0.3) is 0 Å². The average molecular weight is 237 g/mol. The predicted octanol–water partition coefficient (Wildman–Crippen LogP) is -0.198. The molecule has 0 aromatic rings. The molecule has 15 heavy (non-hydrogen) atoms. The average Bonchev–Trinajstić information content (AvgIpc) is 2.20. The van der Waals surface area contributed by atoms with Crippen LogP contribution in [-0.4, -0.2) is 51.8 Å². The van der Waals surface area contributed by atoms with Crippen LogP contribution in [0.15, 0.2) is 0 Å². The van der Waals surface area contributed by atoms with Crippen LogP contribution in [-0.2, 0) is 4.79 Å². The van der Waals surface area contributed by atoms with E-state index in [0.29, 0.717) is 19.4 Å². The summed E-state index contributed by atoms with van der Waals surface area (Å²) in [4.78, 5) is 22.8. The van der Waals surface area contributed by atoms with E-state index >= 15 is 0 Å². The molecule has 1 saturated heterocycles. The summed E-state index contributed by atoms with van der Waals surface area (Å²) in [6.07, 6.45) is -1.87. The second-order valence-electron chi connectivity index (χ2n) is 3.33. The van der Waals surface area contributed by atoms with E-state index in [9.17, 15) is 14.7 Å². The first kappa shape index (κ1) is 12.1. The van der Waals surface area contributed by atoms with E-state index in [4.69, 9.17) is 16.7 Å². The van der Waals surface area contributed by atoms with Gasteiger partial charge in [-0.1, -0.05) is 0 Å². The number of hydrogen-bond donors (Lipinski definition) is 3. The molecule has 1 aliphatic rings. The van der Waals surface area contributed by atoms with Crippen LogP contribution in [0.25, 0.3) is 0 Å². The third-order valence-electron chi connectivity index (χ3n) is 2.28. The minimum Gasteiger partial charge on any atom is -0.465 e. The number of carbonyl (C=O) groups excluding carboxylic acids is 1. The quantitative estimate of drug-likeness (QED) is 0.580. The van der Waals surface area contributed by atoms with Crippen LogP contribution in [0.1, 0.15) is 12.8 Å². The first-order valence-electron chi connectivity index (χ1n) is 4.59. The molecule has 0 saturated carbocycles. The van der Waals surface area contributed by atoms with Crippen molar-refractivity contribution in [1.82, 2.24) is 10.2 Å². The monoisotopic (exact) mass is 236 g/mol. The van der Waals surface area contributed by atoms with Gasteiger partial charge in [0.2, 0.25) is 5.91 Å². The molecule has 6 nitrogen and oxygen atoms in total. The lowest BCUT2D eigenvalue weighted by atomic mass is 10.1. The summed E-state index contributed by atoms with van der Waals surface area (Å²) in [6, 6.07) is 0. The minimum absolute atomic E-state index is 0.253. The molecule has 0 aromatic heterocycles. The highest BCUT2D eigenvalue weighted by Crippen LogP contribution is 2.15. The molecular weight excluding hydrogens is 224 g/mol. The van der Waals surface area contributed by atoms with Gasteiger partial charge in [-0.2, -0.15) is 0 Å². The molecule has 2 unspecified atom stereocenters. The van der Waals surface area contributed by atoms with Crippen molar-refractivity contribution in [3.63, 3.8) is 0 Å². The maximum Gasteiger partial charge on any atom is 0.409 e. The molecule has 1 rings (SSSR count). The number of rotatable bonds is 2. The van der Waals surface area contributed by atoms with Gasteiger partial charge < -0.3 is 15.5 Å². The summed E-state index contributed by atoms with van der Waals surface area (Å²) < 4.78 is 0. The standard InChI is InChI=1S/C8H13ClN2O4/c9-4-6(13)10-7-5(12)2-1-3-11(7)8(14)15/h5,7,12H,1-4H2,(H,10,13)(H,14,15). The molecule has 0 radical (unpaired) electrons. The molecule has 0 aromatic carbocycles. The summed E-state index contributed by atoms with van der Waals surface area (Å²) in [7, 11) is 0. The zero-order chi connectivity index (χ0) is 11.4. The molecular formula is C8H13ClN2O4. The number of carboxylic acid groups (broad SMARTS) is 1. The highest BCUT2D eigenvalue weighted by Gasteiger charge is 2.33. The van der Waals surface area contributed by atoms with Crippen molar-refractivity contribution in [2.24, 2.45) is 0 Å². The fourth-order valence-corrected chi connectivity index (χ4v) is 1.64. The maximum atomic E-state index is 11.0. The molecule has 0 spiro atoms. The van der Waals surface area contributed by atoms with Crippen LogP contribution in [0.4, 0.5) is 4.79 Å². The van der Waals surface area contributed by atoms with Crippen molar-refractivity contribution in [2.75, 3.05) is 12.4 Å². The van der Waals surface area contributed by atoms with Gasteiger partial charge in [0.1, 0.15) is 12.0 Å². The molecule has 86 valence electrons. The van der Waals surface area contributed by atoms with Gasteiger partial charge in [-0.25, -0.2) is 4.79 Å². The molecule has 1 aliphatic heterocycles. The Labute approximate surface area is 91.8 Å².